The molecule has 1 aromatic heterocycles. The second kappa shape index (κ2) is 12.1. The number of H-pyrrole nitrogens is 1. The van der Waals surface area contributed by atoms with Gasteiger partial charge in [0, 0.05) is 34.6 Å². The average Bonchev–Trinajstić information content (AvgIpc) is 3.27. The lowest BCUT2D eigenvalue weighted by Gasteiger charge is -2.24. The Kier molecular flexibility index (Phi) is 9.16. The van der Waals surface area contributed by atoms with Gasteiger partial charge in [-0.15, -0.1) is 0 Å². The summed E-state index contributed by atoms with van der Waals surface area (Å²) >= 11 is 0. The van der Waals surface area contributed by atoms with E-state index < -0.39 is 18.2 Å². The van der Waals surface area contributed by atoms with Gasteiger partial charge in [-0.3, -0.25) is 9.69 Å². The Morgan fingerprint density at radius 2 is 1.83 bits per heavy atom. The van der Waals surface area contributed by atoms with E-state index in [0.717, 1.165) is 16.5 Å². The molecule has 2 aromatic carbocycles. The number of carbonyl (C=O) groups excluding carboxylic acids is 1. The molecule has 0 spiro atoms. The summed E-state index contributed by atoms with van der Waals surface area (Å²) < 4.78 is 5.86. The third-order valence-corrected chi connectivity index (χ3v) is 6.41. The van der Waals surface area contributed by atoms with Crippen molar-refractivity contribution in [3.63, 3.8) is 0 Å². The van der Waals surface area contributed by atoms with Gasteiger partial charge in [0.15, 0.2) is 0 Å². The second-order valence-electron chi connectivity index (χ2n) is 9.57. The largest absolute Gasteiger partial charge is 0.490 e. The molecule has 1 heterocycles. The zero-order chi connectivity index (χ0) is 26.4. The van der Waals surface area contributed by atoms with Crippen LogP contribution in [0.15, 0.2) is 48.7 Å². The van der Waals surface area contributed by atoms with Gasteiger partial charge in [-0.1, -0.05) is 37.0 Å². The number of nitrogens with one attached hydrogen (secondary N) is 2. The number of fused-ring (bicyclic) bond motifs is 1. The van der Waals surface area contributed by atoms with Crippen LogP contribution in [0.1, 0.15) is 62.0 Å². The van der Waals surface area contributed by atoms with Gasteiger partial charge in [0.2, 0.25) is 0 Å². The molecule has 3 rings (SSSR count). The van der Waals surface area contributed by atoms with E-state index in [1.807, 2.05) is 76.2 Å². The fourth-order valence-electron chi connectivity index (χ4n) is 3.90. The lowest BCUT2D eigenvalue weighted by atomic mass is 9.98. The van der Waals surface area contributed by atoms with Gasteiger partial charge in [0.25, 0.3) is 5.91 Å². The van der Waals surface area contributed by atoms with Crippen molar-refractivity contribution >= 4 is 16.8 Å². The first-order valence-corrected chi connectivity index (χ1v) is 12.3. The number of aromatic nitrogens is 1. The van der Waals surface area contributed by atoms with Crippen LogP contribution in [0, 0.1) is 11.8 Å². The van der Waals surface area contributed by atoms with Gasteiger partial charge in [-0.25, -0.2) is 0 Å². The maximum Gasteiger partial charge on any atom is 0.257 e. The molecule has 0 saturated heterocycles. The average molecular weight is 492 g/mol. The molecule has 7 heteroatoms. The molecule has 0 aliphatic rings. The molecule has 0 aliphatic carbocycles. The Balaban J connectivity index is 1.79. The van der Waals surface area contributed by atoms with Crippen molar-refractivity contribution in [2.45, 2.75) is 65.0 Å². The summed E-state index contributed by atoms with van der Waals surface area (Å²) in [6.45, 7) is 9.82. The van der Waals surface area contributed by atoms with Gasteiger partial charge >= 0.3 is 0 Å². The highest BCUT2D eigenvalue weighted by Gasteiger charge is 2.23. The Bertz CT molecular complexity index is 1240. The molecule has 3 aromatic rings. The first-order valence-electron chi connectivity index (χ1n) is 12.3. The molecule has 0 bridgehead atoms. The third kappa shape index (κ3) is 6.67. The van der Waals surface area contributed by atoms with Crippen LogP contribution in [-0.4, -0.2) is 64.1 Å². The van der Waals surface area contributed by atoms with Crippen LogP contribution in [0.5, 0.6) is 5.75 Å². The molecule has 7 nitrogen and oxygen atoms in total. The number of carbonyl (C=O) groups is 1. The van der Waals surface area contributed by atoms with E-state index in [9.17, 15) is 15.0 Å². The van der Waals surface area contributed by atoms with Crippen molar-refractivity contribution in [2.24, 2.45) is 0 Å². The highest BCUT2D eigenvalue weighted by Crippen LogP contribution is 2.28. The monoisotopic (exact) mass is 491 g/mol. The number of amides is 1. The number of aliphatic hydroxyl groups excluding tert-OH is 2. The second-order valence-corrected chi connectivity index (χ2v) is 9.57. The number of rotatable bonds is 9. The molecule has 0 aliphatic heterocycles. The Morgan fingerprint density at radius 3 is 2.53 bits per heavy atom. The summed E-state index contributed by atoms with van der Waals surface area (Å²) in [6, 6.07) is 13.1. The Hall–Kier alpha value is -3.31. The molecule has 36 heavy (non-hydrogen) atoms. The third-order valence-electron chi connectivity index (χ3n) is 6.41. The zero-order valence-electron chi connectivity index (χ0n) is 21.9. The molecule has 1 unspecified atom stereocenters. The van der Waals surface area contributed by atoms with E-state index in [4.69, 9.17) is 4.74 Å². The van der Waals surface area contributed by atoms with Crippen molar-refractivity contribution in [2.75, 3.05) is 13.6 Å². The van der Waals surface area contributed by atoms with E-state index >= 15 is 0 Å². The van der Waals surface area contributed by atoms with Crippen LogP contribution in [0.25, 0.3) is 10.9 Å². The number of nitrogens with zero attached hydrogens (tertiary/aromatic N) is 1. The molecule has 0 radical (unpaired) electrons. The molecular weight excluding hydrogens is 454 g/mol. The van der Waals surface area contributed by atoms with Gasteiger partial charge < -0.3 is 25.3 Å². The summed E-state index contributed by atoms with van der Waals surface area (Å²) in [5, 5.41) is 24.4. The molecule has 4 N–H and O–H groups in total. The highest BCUT2D eigenvalue weighted by molar-refractivity contribution is 5.97. The standard InChI is InChI=1S/C29H37N3O4/c1-18(2)36-27-14-13-22(10-9-15-32(6)20(4)21(5)33)16-24(27)29(35)31-28(34)19(3)25-17-30-26-12-8-7-11-23(25)26/h7-8,11-14,16-21,28,30,33-34H,15H2,1-6H3,(H,31,35)/t19-,20-,21-,28?/m1/s1. The van der Waals surface area contributed by atoms with Crippen LogP contribution in [0.3, 0.4) is 0 Å². The lowest BCUT2D eigenvalue weighted by molar-refractivity contribution is 0.0723. The predicted octanol–water partition coefficient (Wildman–Crippen LogP) is 3.86. The van der Waals surface area contributed by atoms with Crippen LogP contribution in [0.2, 0.25) is 0 Å². The van der Waals surface area contributed by atoms with Crippen molar-refractivity contribution in [3.05, 3.63) is 65.4 Å². The Morgan fingerprint density at radius 1 is 1.11 bits per heavy atom. The van der Waals surface area contributed by atoms with Gasteiger partial charge in [-0.2, -0.15) is 0 Å². The number of benzene rings is 2. The number of likely N-dealkylation sites (N-methyl/N-ethyl adjacent to an activating group) is 1. The Labute approximate surface area is 213 Å². The van der Waals surface area contributed by atoms with Crippen molar-refractivity contribution < 1.29 is 19.7 Å². The van der Waals surface area contributed by atoms with Crippen molar-refractivity contribution in [1.82, 2.24) is 15.2 Å². The fourth-order valence-corrected chi connectivity index (χ4v) is 3.90. The van der Waals surface area contributed by atoms with E-state index in [1.165, 1.54) is 0 Å². The maximum absolute atomic E-state index is 13.3. The van der Waals surface area contributed by atoms with Gasteiger partial charge in [-0.05, 0) is 64.6 Å². The quantitative estimate of drug-likeness (QED) is 0.269. The minimum atomic E-state index is -1.10. The summed E-state index contributed by atoms with van der Waals surface area (Å²) in [5.41, 5.74) is 2.87. The number of aromatic amines is 1. The molecule has 1 amide bonds. The van der Waals surface area contributed by atoms with Gasteiger partial charge in [0.05, 0.1) is 24.3 Å². The first-order chi connectivity index (χ1) is 17.1. The lowest BCUT2D eigenvalue weighted by Crippen LogP contribution is -2.38. The van der Waals surface area contributed by atoms with E-state index in [1.54, 1.807) is 19.1 Å². The van der Waals surface area contributed by atoms with E-state index in [0.29, 0.717) is 23.4 Å². The molecule has 0 fully saturated rings. The highest BCUT2D eigenvalue weighted by atomic mass is 16.5. The minimum Gasteiger partial charge on any atom is -0.490 e. The zero-order valence-corrected chi connectivity index (χ0v) is 21.9. The summed E-state index contributed by atoms with van der Waals surface area (Å²) in [7, 11) is 1.90. The van der Waals surface area contributed by atoms with E-state index in [-0.39, 0.29) is 18.1 Å². The molecule has 192 valence electrons. The summed E-state index contributed by atoms with van der Waals surface area (Å²) in [6.07, 6.45) is 0.176. The molecular formula is C29H37N3O4. The summed E-state index contributed by atoms with van der Waals surface area (Å²) in [4.78, 5) is 18.4. The van der Waals surface area contributed by atoms with Crippen molar-refractivity contribution in [1.29, 1.82) is 0 Å². The predicted molar refractivity (Wildman–Crippen MR) is 143 cm³/mol. The topological polar surface area (TPSA) is 97.8 Å². The number of hydrogen-bond donors (Lipinski definition) is 4. The van der Waals surface area contributed by atoms with Crippen LogP contribution in [-0.2, 0) is 0 Å². The summed E-state index contributed by atoms with van der Waals surface area (Å²) in [5.74, 6) is 5.84. The SMILES string of the molecule is CC(C)Oc1ccc(C#CCN(C)[C@H](C)[C@@H](C)O)cc1C(=O)NC(O)[C@H](C)c1c[nH]c2ccccc12. The van der Waals surface area contributed by atoms with Crippen LogP contribution >= 0.6 is 0 Å². The number of hydrogen-bond acceptors (Lipinski definition) is 5. The maximum atomic E-state index is 13.3. The number of aliphatic hydroxyl groups is 2. The van der Waals surface area contributed by atoms with Crippen LogP contribution < -0.4 is 10.1 Å². The van der Waals surface area contributed by atoms with Crippen molar-refractivity contribution in [3.8, 4) is 17.6 Å². The molecule has 0 saturated carbocycles. The fraction of sp³-hybridized carbons (Fsp3) is 0.414. The number of para-hydroxylation sites is 1. The smallest absolute Gasteiger partial charge is 0.257 e. The normalized spacial score (nSPS) is 14.7. The first kappa shape index (κ1) is 27.3. The molecule has 4 atom stereocenters. The van der Waals surface area contributed by atoms with Crippen LogP contribution in [0.4, 0.5) is 0 Å². The minimum absolute atomic E-state index is 0.0249. The van der Waals surface area contributed by atoms with E-state index in [2.05, 4.69) is 22.1 Å². The van der Waals surface area contributed by atoms with Gasteiger partial charge in [0.1, 0.15) is 12.0 Å². The number of ether oxygens (including phenoxy) is 1.